The fourth-order valence-corrected chi connectivity index (χ4v) is 2.35. The number of hydrogen-bond acceptors (Lipinski definition) is 4. The second kappa shape index (κ2) is 7.10. The van der Waals surface area contributed by atoms with E-state index in [4.69, 9.17) is 4.42 Å². The molecule has 0 radical (unpaired) electrons. The average Bonchev–Trinajstić information content (AvgIpc) is 3.04. The van der Waals surface area contributed by atoms with Gasteiger partial charge < -0.3 is 9.73 Å². The van der Waals surface area contributed by atoms with Crippen LogP contribution in [0.5, 0.6) is 0 Å². The van der Waals surface area contributed by atoms with Gasteiger partial charge in [0.25, 0.3) is 11.8 Å². The zero-order valence-electron chi connectivity index (χ0n) is 12.3. The van der Waals surface area contributed by atoms with Crippen molar-refractivity contribution in [1.29, 1.82) is 0 Å². The number of carbonyl (C=O) groups excluding carboxylic acids is 2. The molecule has 3 rings (SSSR count). The minimum absolute atomic E-state index is 0.0387. The summed E-state index contributed by atoms with van der Waals surface area (Å²) in [5.74, 6) is -0.798. The number of aromatic nitrogens is 1. The van der Waals surface area contributed by atoms with Crippen molar-refractivity contribution in [3.63, 3.8) is 0 Å². The van der Waals surface area contributed by atoms with Crippen LogP contribution in [0.1, 0.15) is 20.8 Å². The van der Waals surface area contributed by atoms with Crippen LogP contribution in [0.2, 0.25) is 0 Å². The lowest BCUT2D eigenvalue weighted by Crippen LogP contribution is -2.14. The fraction of sp³-hybridized carbons (Fsp3) is 0. The molecule has 2 aromatic carbocycles. The summed E-state index contributed by atoms with van der Waals surface area (Å²) in [6.45, 7) is 0. The van der Waals surface area contributed by atoms with E-state index < -0.39 is 5.91 Å². The van der Waals surface area contributed by atoms with Gasteiger partial charge in [0, 0.05) is 15.7 Å². The van der Waals surface area contributed by atoms with Gasteiger partial charge in [-0.1, -0.05) is 40.2 Å². The Hall–Kier alpha value is -2.93. The number of oxazole rings is 1. The summed E-state index contributed by atoms with van der Waals surface area (Å²) in [5.41, 5.74) is 1.15. The van der Waals surface area contributed by atoms with Crippen LogP contribution in [0.3, 0.4) is 0 Å². The number of anilines is 2. The van der Waals surface area contributed by atoms with Gasteiger partial charge in [-0.2, -0.15) is 4.98 Å². The van der Waals surface area contributed by atoms with E-state index >= 15 is 0 Å². The maximum absolute atomic E-state index is 12.1. The highest BCUT2D eigenvalue weighted by molar-refractivity contribution is 9.10. The van der Waals surface area contributed by atoms with Gasteiger partial charge in [-0.25, -0.2) is 0 Å². The molecule has 6 nitrogen and oxygen atoms in total. The standard InChI is InChI=1S/C17H12BrN3O3/c18-12-7-4-8-13(9-12)19-16(23)14-10-24-17(20-14)21-15(22)11-5-2-1-3-6-11/h1-10H,(H,19,23)(H,20,21,22). The Morgan fingerprint density at radius 2 is 1.75 bits per heavy atom. The largest absolute Gasteiger partial charge is 0.431 e. The van der Waals surface area contributed by atoms with Crippen LogP contribution in [0.15, 0.2) is 69.8 Å². The smallest absolute Gasteiger partial charge is 0.302 e. The zero-order chi connectivity index (χ0) is 16.9. The Labute approximate surface area is 146 Å². The van der Waals surface area contributed by atoms with Crippen LogP contribution in [-0.4, -0.2) is 16.8 Å². The minimum atomic E-state index is -0.433. The van der Waals surface area contributed by atoms with Crippen molar-refractivity contribution < 1.29 is 14.0 Å². The summed E-state index contributed by atoms with van der Waals surface area (Å²) in [4.78, 5) is 28.1. The number of halogens is 1. The van der Waals surface area contributed by atoms with Crippen molar-refractivity contribution in [2.24, 2.45) is 0 Å². The molecule has 0 aliphatic carbocycles. The third kappa shape index (κ3) is 3.88. The van der Waals surface area contributed by atoms with E-state index in [-0.39, 0.29) is 17.6 Å². The highest BCUT2D eigenvalue weighted by Crippen LogP contribution is 2.17. The Kier molecular flexibility index (Phi) is 4.72. The highest BCUT2D eigenvalue weighted by Gasteiger charge is 2.15. The molecule has 0 unspecified atom stereocenters. The van der Waals surface area contributed by atoms with Gasteiger partial charge in [-0.15, -0.1) is 0 Å². The van der Waals surface area contributed by atoms with Crippen LogP contribution in [-0.2, 0) is 0 Å². The van der Waals surface area contributed by atoms with Crippen molar-refractivity contribution in [2.45, 2.75) is 0 Å². The quantitative estimate of drug-likeness (QED) is 0.712. The summed E-state index contributed by atoms with van der Waals surface area (Å²) < 4.78 is 5.97. The normalized spacial score (nSPS) is 10.2. The van der Waals surface area contributed by atoms with Gasteiger partial charge >= 0.3 is 6.01 Å². The lowest BCUT2D eigenvalue weighted by Gasteiger charge is -2.02. The molecule has 1 heterocycles. The molecular formula is C17H12BrN3O3. The Morgan fingerprint density at radius 1 is 0.958 bits per heavy atom. The number of amides is 2. The van der Waals surface area contributed by atoms with E-state index in [2.05, 4.69) is 31.5 Å². The average molecular weight is 386 g/mol. The number of benzene rings is 2. The van der Waals surface area contributed by atoms with Gasteiger partial charge in [0.15, 0.2) is 5.69 Å². The van der Waals surface area contributed by atoms with Crippen molar-refractivity contribution >= 4 is 39.4 Å². The second-order valence-corrected chi connectivity index (χ2v) is 5.74. The Morgan fingerprint density at radius 3 is 2.50 bits per heavy atom. The summed E-state index contributed by atoms with van der Waals surface area (Å²) in [6, 6.07) is 15.8. The molecular weight excluding hydrogens is 374 g/mol. The first-order chi connectivity index (χ1) is 11.6. The fourth-order valence-electron chi connectivity index (χ4n) is 1.96. The van der Waals surface area contributed by atoms with E-state index in [9.17, 15) is 9.59 Å². The summed E-state index contributed by atoms with van der Waals surface area (Å²) in [6.07, 6.45) is 1.19. The lowest BCUT2D eigenvalue weighted by atomic mass is 10.2. The molecule has 0 fully saturated rings. The third-order valence-corrected chi connectivity index (χ3v) is 3.57. The molecule has 3 aromatic rings. The molecule has 0 saturated carbocycles. The van der Waals surface area contributed by atoms with Crippen molar-refractivity contribution in [3.8, 4) is 0 Å². The van der Waals surface area contributed by atoms with Crippen molar-refractivity contribution in [1.82, 2.24) is 4.98 Å². The molecule has 24 heavy (non-hydrogen) atoms. The maximum atomic E-state index is 12.1. The van der Waals surface area contributed by atoms with Gasteiger partial charge in [-0.3, -0.25) is 14.9 Å². The molecule has 2 N–H and O–H groups in total. The van der Waals surface area contributed by atoms with E-state index in [1.165, 1.54) is 6.26 Å². The Balaban J connectivity index is 1.67. The molecule has 0 aliphatic heterocycles. The number of hydrogen-bond donors (Lipinski definition) is 2. The molecule has 7 heteroatoms. The predicted molar refractivity (Wildman–Crippen MR) is 93.0 cm³/mol. The topological polar surface area (TPSA) is 84.2 Å². The monoisotopic (exact) mass is 385 g/mol. The van der Waals surface area contributed by atoms with E-state index in [0.717, 1.165) is 4.47 Å². The zero-order valence-corrected chi connectivity index (χ0v) is 13.9. The molecule has 0 saturated heterocycles. The molecule has 1 aromatic heterocycles. The SMILES string of the molecule is O=C(Nc1nc(C(=O)Nc2cccc(Br)c2)co1)c1ccccc1. The van der Waals surface area contributed by atoms with Gasteiger partial charge in [0.05, 0.1) is 0 Å². The van der Waals surface area contributed by atoms with E-state index in [1.54, 1.807) is 42.5 Å². The molecule has 120 valence electrons. The minimum Gasteiger partial charge on any atom is -0.431 e. The van der Waals surface area contributed by atoms with Crippen molar-refractivity contribution in [3.05, 3.63) is 76.6 Å². The van der Waals surface area contributed by atoms with Crippen LogP contribution in [0.4, 0.5) is 11.7 Å². The van der Waals surface area contributed by atoms with Gasteiger partial charge in [-0.05, 0) is 30.3 Å². The summed E-state index contributed by atoms with van der Waals surface area (Å²) in [5, 5.41) is 5.20. The number of nitrogens with one attached hydrogen (secondary N) is 2. The number of carbonyl (C=O) groups is 2. The molecule has 0 aliphatic rings. The number of rotatable bonds is 4. The second-order valence-electron chi connectivity index (χ2n) is 4.82. The van der Waals surface area contributed by atoms with Crippen LogP contribution >= 0.6 is 15.9 Å². The molecule has 2 amide bonds. The first-order valence-electron chi connectivity index (χ1n) is 7.00. The van der Waals surface area contributed by atoms with Crippen LogP contribution in [0, 0.1) is 0 Å². The van der Waals surface area contributed by atoms with Gasteiger partial charge in [0.1, 0.15) is 6.26 Å². The predicted octanol–water partition coefficient (Wildman–Crippen LogP) is 3.94. The number of nitrogens with zero attached hydrogens (tertiary/aromatic N) is 1. The first kappa shape index (κ1) is 15.9. The Bertz CT molecular complexity index is 878. The molecule has 0 atom stereocenters. The van der Waals surface area contributed by atoms with Crippen LogP contribution in [0.25, 0.3) is 0 Å². The lowest BCUT2D eigenvalue weighted by molar-refractivity contribution is 0.101. The molecule has 0 bridgehead atoms. The van der Waals surface area contributed by atoms with E-state index in [1.807, 2.05) is 12.1 Å². The van der Waals surface area contributed by atoms with Crippen LogP contribution < -0.4 is 10.6 Å². The third-order valence-electron chi connectivity index (χ3n) is 3.08. The van der Waals surface area contributed by atoms with Gasteiger partial charge in [0.2, 0.25) is 0 Å². The highest BCUT2D eigenvalue weighted by atomic mass is 79.9. The maximum Gasteiger partial charge on any atom is 0.302 e. The first-order valence-corrected chi connectivity index (χ1v) is 7.80. The summed E-state index contributed by atoms with van der Waals surface area (Å²) in [7, 11) is 0. The van der Waals surface area contributed by atoms with Crippen molar-refractivity contribution in [2.75, 3.05) is 10.6 Å². The summed E-state index contributed by atoms with van der Waals surface area (Å²) >= 11 is 3.33. The van der Waals surface area contributed by atoms with E-state index in [0.29, 0.717) is 11.3 Å². The molecule has 0 spiro atoms.